The molecule has 0 unspecified atom stereocenters. The van der Waals surface area contributed by atoms with E-state index in [1.54, 1.807) is 0 Å². The summed E-state index contributed by atoms with van der Waals surface area (Å²) in [5.41, 5.74) is 1.59. The number of amides is 1. The quantitative estimate of drug-likeness (QED) is 0.915. The molecule has 0 aliphatic carbocycles. The Morgan fingerprint density at radius 3 is 2.67 bits per heavy atom. The summed E-state index contributed by atoms with van der Waals surface area (Å²) >= 11 is 6.25. The molecule has 1 aliphatic heterocycles. The molecule has 3 nitrogen and oxygen atoms in total. The number of nitrogens with one attached hydrogen (secondary N) is 1. The molecule has 0 spiro atoms. The molecule has 0 atom stereocenters. The van der Waals surface area contributed by atoms with E-state index in [9.17, 15) is 4.79 Å². The number of carbonyl (C=O) groups excluding carboxylic acids is 1. The monoisotopic (exact) mass is 330 g/mol. The van der Waals surface area contributed by atoms with E-state index in [-0.39, 0.29) is 18.3 Å². The number of carbonyl (C=O) groups is 1. The first-order chi connectivity index (χ1) is 9.63. The van der Waals surface area contributed by atoms with Gasteiger partial charge in [-0.1, -0.05) is 30.7 Å². The maximum absolute atomic E-state index is 12.5. The molecule has 21 heavy (non-hydrogen) atoms. The van der Waals surface area contributed by atoms with Crippen LogP contribution in [0.2, 0.25) is 5.02 Å². The lowest BCUT2D eigenvalue weighted by Crippen LogP contribution is -2.40. The van der Waals surface area contributed by atoms with Gasteiger partial charge in [-0.15, -0.1) is 12.4 Å². The first-order valence-corrected chi connectivity index (χ1v) is 7.76. The largest absolute Gasteiger partial charge is 0.339 e. The van der Waals surface area contributed by atoms with Crippen molar-refractivity contribution in [2.24, 2.45) is 5.92 Å². The fraction of sp³-hybridized carbons (Fsp3) is 0.562. The first-order valence-electron chi connectivity index (χ1n) is 7.38. The average molecular weight is 331 g/mol. The summed E-state index contributed by atoms with van der Waals surface area (Å²) in [6.07, 6.45) is 2.14. The lowest BCUT2D eigenvalue weighted by Gasteiger charge is -2.32. The van der Waals surface area contributed by atoms with Gasteiger partial charge in [0, 0.05) is 13.1 Å². The third-order valence-corrected chi connectivity index (χ3v) is 4.51. The minimum absolute atomic E-state index is 0. The summed E-state index contributed by atoms with van der Waals surface area (Å²) in [4.78, 5) is 14.5. The molecule has 0 saturated carbocycles. The number of hydrogen-bond acceptors (Lipinski definition) is 2. The van der Waals surface area contributed by atoms with Gasteiger partial charge >= 0.3 is 0 Å². The number of aryl methyl sites for hydroxylation is 1. The van der Waals surface area contributed by atoms with Gasteiger partial charge in [0.2, 0.25) is 0 Å². The fourth-order valence-electron chi connectivity index (χ4n) is 2.67. The van der Waals surface area contributed by atoms with Crippen LogP contribution in [0.4, 0.5) is 0 Å². The lowest BCUT2D eigenvalue weighted by molar-refractivity contribution is 0.0690. The van der Waals surface area contributed by atoms with Crippen LogP contribution >= 0.6 is 24.0 Å². The first kappa shape index (κ1) is 18.3. The van der Waals surface area contributed by atoms with E-state index in [2.05, 4.69) is 12.2 Å². The zero-order chi connectivity index (χ0) is 14.5. The molecule has 1 N–H and O–H groups in total. The van der Waals surface area contributed by atoms with Crippen molar-refractivity contribution in [1.29, 1.82) is 0 Å². The number of hydrogen-bond donors (Lipinski definition) is 1. The Morgan fingerprint density at radius 2 is 2.05 bits per heavy atom. The van der Waals surface area contributed by atoms with E-state index in [0.717, 1.165) is 44.6 Å². The minimum Gasteiger partial charge on any atom is -0.339 e. The van der Waals surface area contributed by atoms with Gasteiger partial charge in [0.25, 0.3) is 5.91 Å². The van der Waals surface area contributed by atoms with Crippen LogP contribution in [0.15, 0.2) is 18.2 Å². The smallest absolute Gasteiger partial charge is 0.255 e. The third-order valence-electron chi connectivity index (χ3n) is 4.01. The van der Waals surface area contributed by atoms with E-state index in [0.29, 0.717) is 16.5 Å². The van der Waals surface area contributed by atoms with Gasteiger partial charge in [-0.3, -0.25) is 4.79 Å². The van der Waals surface area contributed by atoms with Crippen LogP contribution in [0.25, 0.3) is 0 Å². The number of likely N-dealkylation sites (tertiary alicyclic amines) is 1. The Bertz CT molecular complexity index is 471. The van der Waals surface area contributed by atoms with Gasteiger partial charge in [-0.05, 0) is 50.4 Å². The fourth-order valence-corrected chi connectivity index (χ4v) is 2.88. The summed E-state index contributed by atoms with van der Waals surface area (Å²) in [7, 11) is 0. The predicted octanol–water partition coefficient (Wildman–Crippen LogP) is 3.53. The standard InChI is InChI=1S/C16H23ClN2O.ClH/c1-3-18-11-13-7-9-19(10-8-13)16(20)14-6-4-5-12(2)15(14)17;/h4-6,13,18H,3,7-11H2,1-2H3;1H. The molecule has 1 aromatic rings. The Labute approximate surface area is 138 Å². The van der Waals surface area contributed by atoms with Crippen LogP contribution < -0.4 is 5.32 Å². The number of nitrogens with zero attached hydrogens (tertiary/aromatic N) is 1. The van der Waals surface area contributed by atoms with E-state index in [4.69, 9.17) is 11.6 Å². The molecule has 0 radical (unpaired) electrons. The second-order valence-corrected chi connectivity index (χ2v) is 5.86. The van der Waals surface area contributed by atoms with Crippen LogP contribution in [0.5, 0.6) is 0 Å². The molecule has 1 aromatic carbocycles. The maximum atomic E-state index is 12.5. The molecule has 0 aromatic heterocycles. The van der Waals surface area contributed by atoms with Gasteiger partial charge < -0.3 is 10.2 Å². The SMILES string of the molecule is CCNCC1CCN(C(=O)c2cccc(C)c2Cl)CC1.Cl. The highest BCUT2D eigenvalue weighted by molar-refractivity contribution is 6.34. The highest BCUT2D eigenvalue weighted by Crippen LogP contribution is 2.24. The van der Waals surface area contributed by atoms with Crippen molar-refractivity contribution in [2.45, 2.75) is 26.7 Å². The molecule has 1 saturated heterocycles. The van der Waals surface area contributed by atoms with Crippen molar-refractivity contribution in [3.8, 4) is 0 Å². The molecule has 2 rings (SSSR count). The van der Waals surface area contributed by atoms with Crippen LogP contribution in [-0.2, 0) is 0 Å². The zero-order valence-electron chi connectivity index (χ0n) is 12.7. The second-order valence-electron chi connectivity index (χ2n) is 5.48. The summed E-state index contributed by atoms with van der Waals surface area (Å²) in [5, 5.41) is 3.98. The highest BCUT2D eigenvalue weighted by Gasteiger charge is 2.24. The van der Waals surface area contributed by atoms with Gasteiger partial charge in [-0.2, -0.15) is 0 Å². The number of rotatable bonds is 4. The van der Waals surface area contributed by atoms with Crippen molar-refractivity contribution in [3.05, 3.63) is 34.3 Å². The number of piperidine rings is 1. The topological polar surface area (TPSA) is 32.3 Å². The van der Waals surface area contributed by atoms with Gasteiger partial charge in [0.15, 0.2) is 0 Å². The summed E-state index contributed by atoms with van der Waals surface area (Å²) in [6.45, 7) is 7.79. The normalized spacial score (nSPS) is 15.7. The van der Waals surface area contributed by atoms with Crippen LogP contribution in [-0.4, -0.2) is 37.0 Å². The highest BCUT2D eigenvalue weighted by atomic mass is 35.5. The van der Waals surface area contributed by atoms with E-state index in [1.165, 1.54) is 0 Å². The van der Waals surface area contributed by atoms with Gasteiger partial charge in [-0.25, -0.2) is 0 Å². The van der Waals surface area contributed by atoms with Crippen molar-refractivity contribution in [1.82, 2.24) is 10.2 Å². The number of benzene rings is 1. The van der Waals surface area contributed by atoms with Gasteiger partial charge in [0.1, 0.15) is 0 Å². The van der Waals surface area contributed by atoms with E-state index < -0.39 is 0 Å². The zero-order valence-corrected chi connectivity index (χ0v) is 14.3. The Morgan fingerprint density at radius 1 is 1.38 bits per heavy atom. The van der Waals surface area contributed by atoms with Crippen LogP contribution in [0, 0.1) is 12.8 Å². The van der Waals surface area contributed by atoms with Crippen LogP contribution in [0.3, 0.4) is 0 Å². The maximum Gasteiger partial charge on any atom is 0.255 e. The lowest BCUT2D eigenvalue weighted by atomic mass is 9.96. The molecular weight excluding hydrogens is 307 g/mol. The van der Waals surface area contributed by atoms with Crippen molar-refractivity contribution < 1.29 is 4.79 Å². The Kier molecular flexibility index (Phi) is 7.50. The van der Waals surface area contributed by atoms with Crippen molar-refractivity contribution in [3.63, 3.8) is 0 Å². The Balaban J connectivity index is 0.00000220. The molecular formula is C16H24Cl2N2O. The molecule has 1 aliphatic rings. The van der Waals surface area contributed by atoms with E-state index >= 15 is 0 Å². The Hall–Kier alpha value is -0.770. The molecule has 118 valence electrons. The minimum atomic E-state index is 0. The molecule has 5 heteroatoms. The van der Waals surface area contributed by atoms with Crippen LogP contribution in [0.1, 0.15) is 35.7 Å². The number of halogens is 2. The predicted molar refractivity (Wildman–Crippen MR) is 90.6 cm³/mol. The van der Waals surface area contributed by atoms with Crippen molar-refractivity contribution >= 4 is 29.9 Å². The average Bonchev–Trinajstić information content (AvgIpc) is 2.48. The summed E-state index contributed by atoms with van der Waals surface area (Å²) < 4.78 is 0. The molecule has 1 heterocycles. The summed E-state index contributed by atoms with van der Waals surface area (Å²) in [5.74, 6) is 0.757. The second kappa shape index (κ2) is 8.62. The van der Waals surface area contributed by atoms with Crippen molar-refractivity contribution in [2.75, 3.05) is 26.2 Å². The van der Waals surface area contributed by atoms with Gasteiger partial charge in [0.05, 0.1) is 10.6 Å². The molecule has 1 amide bonds. The molecule has 1 fully saturated rings. The van der Waals surface area contributed by atoms with E-state index in [1.807, 2.05) is 30.0 Å². The molecule has 0 bridgehead atoms. The summed E-state index contributed by atoms with van der Waals surface area (Å²) in [6, 6.07) is 5.65. The third kappa shape index (κ3) is 4.60.